The largest absolute Gasteiger partial charge is 0.756 e. The van der Waals surface area contributed by atoms with Gasteiger partial charge in [-0.1, -0.05) is 226 Å². The lowest BCUT2D eigenvalue weighted by atomic mass is 10.0. The van der Waals surface area contributed by atoms with E-state index >= 15 is 0 Å². The molecule has 0 aliphatic carbocycles. The van der Waals surface area contributed by atoms with Crippen molar-refractivity contribution >= 4 is 19.8 Å². The Kier molecular flexibility index (Phi) is 41.6. The molecule has 0 bridgehead atoms. The summed E-state index contributed by atoms with van der Waals surface area (Å²) in [5, 5.41) is 0. The maximum absolute atomic E-state index is 12.7. The second-order valence-corrected chi connectivity index (χ2v) is 20.0. The highest BCUT2D eigenvalue weighted by molar-refractivity contribution is 7.45. The molecule has 0 saturated heterocycles. The van der Waals surface area contributed by atoms with Crippen LogP contribution in [0.1, 0.15) is 251 Å². The van der Waals surface area contributed by atoms with Gasteiger partial charge in [0.2, 0.25) is 0 Å². The number of likely N-dealkylation sites (N-methyl/N-ethyl adjacent to an activating group) is 1. The number of carbonyl (C=O) groups is 2. The van der Waals surface area contributed by atoms with Crippen molar-refractivity contribution in [3.05, 3.63) is 0 Å². The third kappa shape index (κ3) is 46.3. The van der Waals surface area contributed by atoms with Crippen LogP contribution in [0.3, 0.4) is 0 Å². The van der Waals surface area contributed by atoms with Crippen molar-refractivity contribution in [3.8, 4) is 0 Å². The number of phosphoric ester groups is 1. The van der Waals surface area contributed by atoms with Crippen LogP contribution in [0.4, 0.5) is 0 Å². The first-order valence-corrected chi connectivity index (χ1v) is 26.7. The average molecular weight is 860 g/mol. The number of carbonyl (C=O) groups excluding carboxylic acids is 2. The fourth-order valence-corrected chi connectivity index (χ4v) is 8.15. The molecule has 2 atom stereocenters. The second kappa shape index (κ2) is 42.3. The van der Waals surface area contributed by atoms with E-state index in [9.17, 15) is 19.0 Å². The quantitative estimate of drug-likeness (QED) is 0.0257. The summed E-state index contributed by atoms with van der Waals surface area (Å²) in [5.41, 5.74) is 0. The summed E-state index contributed by atoms with van der Waals surface area (Å²) in [7, 11) is 1.19. The zero-order valence-electron chi connectivity index (χ0n) is 39.7. The Balaban J connectivity index is 4.19. The Morgan fingerprint density at radius 3 is 1.08 bits per heavy atom. The van der Waals surface area contributed by atoms with Crippen molar-refractivity contribution in [2.45, 2.75) is 258 Å². The third-order valence-corrected chi connectivity index (χ3v) is 12.3. The number of esters is 2. The van der Waals surface area contributed by atoms with Crippen LogP contribution in [-0.4, -0.2) is 70.0 Å². The molecule has 9 nitrogen and oxygen atoms in total. The topological polar surface area (TPSA) is 111 Å². The minimum atomic E-state index is -4.62. The van der Waals surface area contributed by atoms with Gasteiger partial charge in [0.25, 0.3) is 7.82 Å². The highest BCUT2D eigenvalue weighted by Crippen LogP contribution is 2.38. The molecule has 352 valence electrons. The van der Waals surface area contributed by atoms with Gasteiger partial charge < -0.3 is 27.9 Å². The third-order valence-electron chi connectivity index (χ3n) is 11.4. The first kappa shape index (κ1) is 58.0. The highest BCUT2D eigenvalue weighted by Gasteiger charge is 2.21. The van der Waals surface area contributed by atoms with Gasteiger partial charge in [-0.25, -0.2) is 0 Å². The lowest BCUT2D eigenvalue weighted by Crippen LogP contribution is -2.37. The van der Waals surface area contributed by atoms with Gasteiger partial charge in [-0.2, -0.15) is 0 Å². The number of hydrogen-bond acceptors (Lipinski definition) is 8. The van der Waals surface area contributed by atoms with Gasteiger partial charge in [0.15, 0.2) is 6.10 Å². The van der Waals surface area contributed by atoms with E-state index in [1.807, 2.05) is 21.1 Å². The predicted molar refractivity (Wildman–Crippen MR) is 245 cm³/mol. The molecule has 0 saturated carbocycles. The van der Waals surface area contributed by atoms with Crippen LogP contribution >= 0.6 is 7.82 Å². The van der Waals surface area contributed by atoms with Crippen LogP contribution in [-0.2, 0) is 32.7 Å². The summed E-state index contributed by atoms with van der Waals surface area (Å²) in [4.78, 5) is 37.6. The summed E-state index contributed by atoms with van der Waals surface area (Å²) in [6.07, 6.45) is 44.1. The molecule has 0 amide bonds. The molecule has 0 aromatic rings. The minimum absolute atomic E-state index is 0.0254. The molecule has 0 aliphatic heterocycles. The molecular weight excluding hydrogens is 762 g/mol. The van der Waals surface area contributed by atoms with Crippen molar-refractivity contribution in [3.63, 3.8) is 0 Å². The first-order valence-electron chi connectivity index (χ1n) is 25.2. The maximum Gasteiger partial charge on any atom is 0.306 e. The van der Waals surface area contributed by atoms with Gasteiger partial charge in [0, 0.05) is 12.8 Å². The molecular formula is C49H98NO8P. The lowest BCUT2D eigenvalue weighted by molar-refractivity contribution is -0.870. The molecule has 0 aromatic heterocycles. The van der Waals surface area contributed by atoms with Crippen molar-refractivity contribution < 1.29 is 42.1 Å². The molecule has 0 N–H and O–H groups in total. The van der Waals surface area contributed by atoms with Crippen molar-refractivity contribution in [1.29, 1.82) is 0 Å². The van der Waals surface area contributed by atoms with Gasteiger partial charge in [-0.05, 0) is 12.8 Å². The molecule has 0 rings (SSSR count). The molecule has 10 heteroatoms. The fraction of sp³-hybridized carbons (Fsp3) is 0.959. The van der Waals surface area contributed by atoms with Crippen molar-refractivity contribution in [1.82, 2.24) is 0 Å². The Hall–Kier alpha value is -0.990. The van der Waals surface area contributed by atoms with Gasteiger partial charge in [0.05, 0.1) is 27.7 Å². The monoisotopic (exact) mass is 860 g/mol. The van der Waals surface area contributed by atoms with E-state index in [-0.39, 0.29) is 32.0 Å². The van der Waals surface area contributed by atoms with E-state index in [1.54, 1.807) is 0 Å². The summed E-state index contributed by atoms with van der Waals surface area (Å²) < 4.78 is 34.0. The SMILES string of the molecule is CCCCCCCCCCCCCCCCCCCCCCCC(=O)OC(COC(=O)CCCCCCCCCCCCCCCC)COP(=O)([O-])OCC[N+](C)(C)C. The number of nitrogens with zero attached hydrogens (tertiary/aromatic N) is 1. The normalized spacial score (nSPS) is 13.4. The van der Waals surface area contributed by atoms with Crippen LogP contribution in [0.25, 0.3) is 0 Å². The Morgan fingerprint density at radius 2 is 0.763 bits per heavy atom. The van der Waals surface area contributed by atoms with Crippen molar-refractivity contribution in [2.24, 2.45) is 0 Å². The van der Waals surface area contributed by atoms with Crippen LogP contribution in [0.15, 0.2) is 0 Å². The molecule has 0 spiro atoms. The molecule has 0 aliphatic rings. The summed E-state index contributed by atoms with van der Waals surface area (Å²) in [6.45, 7) is 4.28. The number of hydrogen-bond donors (Lipinski definition) is 0. The number of rotatable bonds is 47. The molecule has 0 heterocycles. The molecule has 0 fully saturated rings. The molecule has 2 unspecified atom stereocenters. The van der Waals surface area contributed by atoms with E-state index in [4.69, 9.17) is 18.5 Å². The van der Waals surface area contributed by atoms with Crippen LogP contribution in [0.5, 0.6) is 0 Å². The minimum Gasteiger partial charge on any atom is -0.756 e. The maximum atomic E-state index is 12.7. The van der Waals surface area contributed by atoms with Crippen molar-refractivity contribution in [2.75, 3.05) is 47.5 Å². The van der Waals surface area contributed by atoms with E-state index in [0.29, 0.717) is 17.4 Å². The average Bonchev–Trinajstić information content (AvgIpc) is 3.19. The molecule has 59 heavy (non-hydrogen) atoms. The van der Waals surface area contributed by atoms with Crippen LogP contribution < -0.4 is 4.89 Å². The van der Waals surface area contributed by atoms with Gasteiger partial charge in [0.1, 0.15) is 19.8 Å². The van der Waals surface area contributed by atoms with Crippen LogP contribution in [0, 0.1) is 0 Å². The van der Waals surface area contributed by atoms with Gasteiger partial charge in [-0.3, -0.25) is 14.2 Å². The summed E-state index contributed by atoms with van der Waals surface area (Å²) >= 11 is 0. The summed E-state index contributed by atoms with van der Waals surface area (Å²) in [6, 6.07) is 0. The standard InChI is InChI=1S/C49H98NO8P/c1-6-8-10-12-14-16-18-20-22-23-24-25-26-27-28-30-32-34-36-38-40-42-49(52)58-47(46-57-59(53,54)56-44-43-50(3,4)5)45-55-48(51)41-39-37-35-33-31-29-21-19-17-15-13-11-9-7-2/h47H,6-46H2,1-5H3. The Morgan fingerprint density at radius 1 is 0.458 bits per heavy atom. The van der Waals surface area contributed by atoms with Gasteiger partial charge in [-0.15, -0.1) is 0 Å². The highest BCUT2D eigenvalue weighted by atomic mass is 31.2. The van der Waals surface area contributed by atoms with Gasteiger partial charge >= 0.3 is 11.9 Å². The molecule has 0 aromatic carbocycles. The van der Waals surface area contributed by atoms with Crippen LogP contribution in [0.2, 0.25) is 0 Å². The number of quaternary nitrogens is 1. The first-order chi connectivity index (χ1) is 28.5. The smallest absolute Gasteiger partial charge is 0.306 e. The molecule has 0 radical (unpaired) electrons. The van der Waals surface area contributed by atoms with E-state index in [1.165, 1.54) is 186 Å². The van der Waals surface area contributed by atoms with E-state index < -0.39 is 26.5 Å². The Labute approximate surface area is 365 Å². The zero-order chi connectivity index (χ0) is 43.6. The predicted octanol–water partition coefficient (Wildman–Crippen LogP) is 14.1. The number of ether oxygens (including phenoxy) is 2. The van der Waals surface area contributed by atoms with E-state index in [0.717, 1.165) is 32.1 Å². The lowest BCUT2D eigenvalue weighted by Gasteiger charge is -2.28. The van der Waals surface area contributed by atoms with E-state index in [2.05, 4.69) is 13.8 Å². The number of unbranched alkanes of at least 4 members (excludes halogenated alkanes) is 33. The fourth-order valence-electron chi connectivity index (χ4n) is 7.42. The Bertz CT molecular complexity index is 974. The number of phosphoric acid groups is 1. The summed E-state index contributed by atoms with van der Waals surface area (Å²) in [5.74, 6) is -0.815. The zero-order valence-corrected chi connectivity index (χ0v) is 40.6. The second-order valence-electron chi connectivity index (χ2n) is 18.6.